The Morgan fingerprint density at radius 1 is 1.05 bits per heavy atom. The molecule has 0 aliphatic heterocycles. The first-order chi connectivity index (χ1) is 10.1. The number of ether oxygens (including phenoxy) is 1. The maximum atomic E-state index is 5.42. The molecule has 0 spiro atoms. The summed E-state index contributed by atoms with van der Waals surface area (Å²) in [7, 11) is 1.72. The summed E-state index contributed by atoms with van der Waals surface area (Å²) in [5.74, 6) is 0.952. The maximum Gasteiger partial charge on any atom is 0.122 e. The van der Waals surface area contributed by atoms with Gasteiger partial charge in [-0.15, -0.1) is 0 Å². The molecule has 112 valence electrons. The Balaban J connectivity index is 2.54. The van der Waals surface area contributed by atoms with Gasteiger partial charge in [0.1, 0.15) is 5.75 Å². The molecule has 2 nitrogen and oxygen atoms in total. The Labute approximate surface area is 128 Å². The molecule has 0 aromatic heterocycles. The van der Waals surface area contributed by atoms with Crippen molar-refractivity contribution in [1.82, 2.24) is 5.32 Å². The van der Waals surface area contributed by atoms with Crippen LogP contribution in [0.3, 0.4) is 0 Å². The molecule has 0 saturated carbocycles. The van der Waals surface area contributed by atoms with Crippen molar-refractivity contribution in [3.8, 4) is 16.9 Å². The van der Waals surface area contributed by atoms with Crippen molar-refractivity contribution in [1.29, 1.82) is 0 Å². The summed E-state index contributed by atoms with van der Waals surface area (Å²) < 4.78 is 5.42. The van der Waals surface area contributed by atoms with Crippen LogP contribution in [-0.2, 0) is 0 Å². The number of rotatable bonds is 5. The minimum atomic E-state index is 0.341. The summed E-state index contributed by atoms with van der Waals surface area (Å²) in [5.41, 5.74) is 6.34. The number of nitrogens with one attached hydrogen (secondary N) is 1. The van der Waals surface area contributed by atoms with Gasteiger partial charge in [0.25, 0.3) is 0 Å². The third kappa shape index (κ3) is 3.27. The van der Waals surface area contributed by atoms with Crippen LogP contribution >= 0.6 is 0 Å². The number of aryl methyl sites for hydroxylation is 2. The molecule has 2 aromatic rings. The second-order valence-corrected chi connectivity index (χ2v) is 5.50. The first kappa shape index (κ1) is 15.6. The van der Waals surface area contributed by atoms with Crippen molar-refractivity contribution in [3.63, 3.8) is 0 Å². The molecular weight excluding hydrogens is 258 g/mol. The molecule has 0 heterocycles. The van der Waals surface area contributed by atoms with Gasteiger partial charge >= 0.3 is 0 Å². The van der Waals surface area contributed by atoms with Crippen LogP contribution in [0.15, 0.2) is 36.4 Å². The van der Waals surface area contributed by atoms with Crippen molar-refractivity contribution >= 4 is 0 Å². The smallest absolute Gasteiger partial charge is 0.122 e. The molecule has 1 unspecified atom stereocenters. The first-order valence-electron chi connectivity index (χ1n) is 7.56. The highest BCUT2D eigenvalue weighted by molar-refractivity contribution is 5.73. The Kier molecular flexibility index (Phi) is 5.03. The third-order valence-electron chi connectivity index (χ3n) is 3.97. The highest BCUT2D eigenvalue weighted by Crippen LogP contribution is 2.34. The van der Waals surface area contributed by atoms with E-state index in [1.807, 2.05) is 0 Å². The van der Waals surface area contributed by atoms with E-state index in [2.05, 4.69) is 69.4 Å². The highest BCUT2D eigenvalue weighted by Gasteiger charge is 2.13. The Bertz CT molecular complexity index is 619. The van der Waals surface area contributed by atoms with Gasteiger partial charge in [0.05, 0.1) is 7.11 Å². The molecule has 0 radical (unpaired) electrons. The van der Waals surface area contributed by atoms with E-state index >= 15 is 0 Å². The summed E-state index contributed by atoms with van der Waals surface area (Å²) in [6.07, 6.45) is 0. The molecule has 0 saturated heterocycles. The standard InChI is InChI=1S/C19H25NO/c1-6-20-15(4)16-9-7-8-10-17(16)18-11-14(3)19(21-5)12-13(18)2/h7-12,15,20H,6H2,1-5H3. The number of hydrogen-bond donors (Lipinski definition) is 1. The molecule has 0 fully saturated rings. The average Bonchev–Trinajstić information content (AvgIpc) is 2.49. The normalized spacial score (nSPS) is 12.2. The van der Waals surface area contributed by atoms with E-state index in [0.29, 0.717) is 6.04 Å². The number of methoxy groups -OCH3 is 1. The summed E-state index contributed by atoms with van der Waals surface area (Å²) in [6.45, 7) is 9.57. The van der Waals surface area contributed by atoms with Gasteiger partial charge in [0, 0.05) is 6.04 Å². The van der Waals surface area contributed by atoms with Gasteiger partial charge in [-0.05, 0) is 67.3 Å². The Morgan fingerprint density at radius 2 is 1.76 bits per heavy atom. The lowest BCUT2D eigenvalue weighted by atomic mass is 9.91. The summed E-state index contributed by atoms with van der Waals surface area (Å²) in [5, 5.41) is 3.50. The van der Waals surface area contributed by atoms with Crippen LogP contribution in [0.2, 0.25) is 0 Å². The van der Waals surface area contributed by atoms with Crippen LogP contribution in [-0.4, -0.2) is 13.7 Å². The van der Waals surface area contributed by atoms with Crippen molar-refractivity contribution in [3.05, 3.63) is 53.1 Å². The summed E-state index contributed by atoms with van der Waals surface area (Å²) >= 11 is 0. The molecule has 0 aliphatic rings. The summed E-state index contributed by atoms with van der Waals surface area (Å²) in [6, 6.07) is 13.3. The van der Waals surface area contributed by atoms with Crippen molar-refractivity contribution in [2.75, 3.05) is 13.7 Å². The van der Waals surface area contributed by atoms with Crippen molar-refractivity contribution in [2.45, 2.75) is 33.7 Å². The zero-order valence-electron chi connectivity index (χ0n) is 13.7. The fraction of sp³-hybridized carbons (Fsp3) is 0.368. The SMILES string of the molecule is CCNC(C)c1ccccc1-c1cc(C)c(OC)cc1C. The Hall–Kier alpha value is -1.80. The van der Waals surface area contributed by atoms with Crippen LogP contribution in [0.4, 0.5) is 0 Å². The van der Waals surface area contributed by atoms with E-state index in [0.717, 1.165) is 12.3 Å². The van der Waals surface area contributed by atoms with Gasteiger partial charge in [-0.25, -0.2) is 0 Å². The van der Waals surface area contributed by atoms with Crippen LogP contribution in [0.1, 0.15) is 36.6 Å². The summed E-state index contributed by atoms with van der Waals surface area (Å²) in [4.78, 5) is 0. The van der Waals surface area contributed by atoms with Gasteiger partial charge < -0.3 is 10.1 Å². The highest BCUT2D eigenvalue weighted by atomic mass is 16.5. The molecule has 0 amide bonds. The second-order valence-electron chi connectivity index (χ2n) is 5.50. The van der Waals surface area contributed by atoms with Crippen molar-refractivity contribution in [2.24, 2.45) is 0 Å². The average molecular weight is 283 g/mol. The molecule has 0 aliphatic carbocycles. The molecule has 21 heavy (non-hydrogen) atoms. The monoisotopic (exact) mass is 283 g/mol. The second kappa shape index (κ2) is 6.77. The predicted molar refractivity (Wildman–Crippen MR) is 90.0 cm³/mol. The first-order valence-corrected chi connectivity index (χ1v) is 7.56. The minimum Gasteiger partial charge on any atom is -0.496 e. The fourth-order valence-electron chi connectivity index (χ4n) is 2.84. The maximum absolute atomic E-state index is 5.42. The largest absolute Gasteiger partial charge is 0.496 e. The molecule has 0 bridgehead atoms. The number of benzene rings is 2. The van der Waals surface area contributed by atoms with Gasteiger partial charge in [-0.3, -0.25) is 0 Å². The quantitative estimate of drug-likeness (QED) is 0.862. The minimum absolute atomic E-state index is 0.341. The lowest BCUT2D eigenvalue weighted by Gasteiger charge is -2.19. The zero-order chi connectivity index (χ0) is 15.4. The van der Waals surface area contributed by atoms with Crippen molar-refractivity contribution < 1.29 is 4.74 Å². The zero-order valence-corrected chi connectivity index (χ0v) is 13.7. The molecular formula is C19H25NO. The van der Waals surface area contributed by atoms with Crippen LogP contribution in [0.5, 0.6) is 5.75 Å². The van der Waals surface area contributed by atoms with Crippen LogP contribution in [0, 0.1) is 13.8 Å². The molecule has 1 atom stereocenters. The van der Waals surface area contributed by atoms with E-state index in [1.54, 1.807) is 7.11 Å². The Morgan fingerprint density at radius 3 is 2.43 bits per heavy atom. The van der Waals surface area contributed by atoms with E-state index in [4.69, 9.17) is 4.74 Å². The van der Waals surface area contributed by atoms with E-state index in [-0.39, 0.29) is 0 Å². The van der Waals surface area contributed by atoms with Gasteiger partial charge in [0.2, 0.25) is 0 Å². The molecule has 2 heteroatoms. The fourth-order valence-corrected chi connectivity index (χ4v) is 2.84. The van der Waals surface area contributed by atoms with Crippen LogP contribution in [0.25, 0.3) is 11.1 Å². The lowest BCUT2D eigenvalue weighted by molar-refractivity contribution is 0.411. The van der Waals surface area contributed by atoms with Gasteiger partial charge in [0.15, 0.2) is 0 Å². The third-order valence-corrected chi connectivity index (χ3v) is 3.97. The lowest BCUT2D eigenvalue weighted by Crippen LogP contribution is -2.18. The van der Waals surface area contributed by atoms with Gasteiger partial charge in [-0.1, -0.05) is 31.2 Å². The van der Waals surface area contributed by atoms with E-state index in [1.165, 1.54) is 27.8 Å². The van der Waals surface area contributed by atoms with E-state index in [9.17, 15) is 0 Å². The molecule has 2 aromatic carbocycles. The van der Waals surface area contributed by atoms with Crippen LogP contribution < -0.4 is 10.1 Å². The molecule has 1 N–H and O–H groups in total. The topological polar surface area (TPSA) is 21.3 Å². The predicted octanol–water partition coefficient (Wildman–Crippen LogP) is 4.65. The molecule has 2 rings (SSSR count). The van der Waals surface area contributed by atoms with Gasteiger partial charge in [-0.2, -0.15) is 0 Å². The number of hydrogen-bond acceptors (Lipinski definition) is 2. The van der Waals surface area contributed by atoms with E-state index < -0.39 is 0 Å².